The zero-order chi connectivity index (χ0) is 12.0. The van der Waals surface area contributed by atoms with E-state index in [0.717, 1.165) is 0 Å². The third-order valence-electron chi connectivity index (χ3n) is 2.17. The van der Waals surface area contributed by atoms with Crippen LogP contribution in [0.2, 0.25) is 0 Å². The maximum absolute atomic E-state index is 11.0. The number of para-hydroxylation sites is 2. The van der Waals surface area contributed by atoms with E-state index in [1.807, 2.05) is 12.1 Å². The van der Waals surface area contributed by atoms with Gasteiger partial charge in [0.15, 0.2) is 11.5 Å². The topological polar surface area (TPSA) is 73.6 Å². The van der Waals surface area contributed by atoms with E-state index in [4.69, 9.17) is 15.2 Å². The Morgan fingerprint density at radius 3 is 2.56 bits per heavy atom. The van der Waals surface area contributed by atoms with Crippen LogP contribution in [0, 0.1) is 0 Å². The molecule has 0 spiro atoms. The van der Waals surface area contributed by atoms with E-state index in [-0.39, 0.29) is 6.61 Å². The molecule has 0 fully saturated rings. The summed E-state index contributed by atoms with van der Waals surface area (Å²) in [6, 6.07) is 6.72. The Morgan fingerprint density at radius 1 is 1.44 bits per heavy atom. The van der Waals surface area contributed by atoms with Crippen molar-refractivity contribution in [3.63, 3.8) is 0 Å². The summed E-state index contributed by atoms with van der Waals surface area (Å²) in [5.74, 6) is 0.769. The lowest BCUT2D eigenvalue weighted by Gasteiger charge is -2.15. The summed E-state index contributed by atoms with van der Waals surface area (Å²) in [5, 5.41) is 2.77. The molecule has 0 aromatic heterocycles. The number of nitrogens with one attached hydrogen (secondary N) is 1. The number of benzene rings is 1. The fraction of sp³-hybridized carbons (Fsp3) is 0.364. The average molecular weight is 224 g/mol. The van der Waals surface area contributed by atoms with Gasteiger partial charge in [0.1, 0.15) is 12.6 Å². The minimum Gasteiger partial charge on any atom is -0.493 e. The summed E-state index contributed by atoms with van der Waals surface area (Å²) in [6.07, 6.45) is 0. The average Bonchev–Trinajstić information content (AvgIpc) is 2.30. The van der Waals surface area contributed by atoms with E-state index >= 15 is 0 Å². The molecule has 0 aliphatic carbocycles. The second-order valence-corrected chi connectivity index (χ2v) is 3.21. The highest BCUT2D eigenvalue weighted by atomic mass is 16.5. The van der Waals surface area contributed by atoms with Gasteiger partial charge in [0.05, 0.1) is 7.11 Å². The summed E-state index contributed by atoms with van der Waals surface area (Å²) >= 11 is 0. The number of ether oxygens (including phenoxy) is 2. The fourth-order valence-corrected chi connectivity index (χ4v) is 1.22. The van der Waals surface area contributed by atoms with Crippen LogP contribution in [0.3, 0.4) is 0 Å². The van der Waals surface area contributed by atoms with E-state index < -0.39 is 11.9 Å². The highest BCUT2D eigenvalue weighted by Crippen LogP contribution is 2.25. The predicted molar refractivity (Wildman–Crippen MR) is 60.5 cm³/mol. The summed E-state index contributed by atoms with van der Waals surface area (Å²) < 4.78 is 10.6. The summed E-state index contributed by atoms with van der Waals surface area (Å²) in [6.45, 7) is 0.173. The highest BCUT2D eigenvalue weighted by Gasteiger charge is 2.14. The first-order valence-electron chi connectivity index (χ1n) is 4.91. The fourth-order valence-electron chi connectivity index (χ4n) is 1.22. The molecule has 1 aromatic rings. The van der Waals surface area contributed by atoms with Crippen LogP contribution in [0.4, 0.5) is 0 Å². The molecule has 1 aromatic carbocycles. The molecule has 16 heavy (non-hydrogen) atoms. The Morgan fingerprint density at radius 2 is 2.06 bits per heavy atom. The number of hydrogen-bond donors (Lipinski definition) is 2. The molecule has 0 aliphatic rings. The zero-order valence-corrected chi connectivity index (χ0v) is 9.40. The van der Waals surface area contributed by atoms with Crippen molar-refractivity contribution in [2.24, 2.45) is 5.73 Å². The van der Waals surface area contributed by atoms with E-state index in [1.165, 1.54) is 0 Å². The Bertz CT molecular complexity index is 355. The van der Waals surface area contributed by atoms with Crippen molar-refractivity contribution in [2.75, 3.05) is 20.8 Å². The molecule has 0 aliphatic heterocycles. The highest BCUT2D eigenvalue weighted by molar-refractivity contribution is 5.80. The Kier molecular flexibility index (Phi) is 4.60. The summed E-state index contributed by atoms with van der Waals surface area (Å²) in [4.78, 5) is 11.0. The minimum absolute atomic E-state index is 0.173. The number of hydrogen-bond acceptors (Lipinski definition) is 4. The van der Waals surface area contributed by atoms with Crippen molar-refractivity contribution in [1.82, 2.24) is 5.32 Å². The Labute approximate surface area is 94.5 Å². The number of methoxy groups -OCH3 is 1. The molecule has 1 rings (SSSR count). The van der Waals surface area contributed by atoms with Crippen molar-refractivity contribution in [3.8, 4) is 11.5 Å². The quantitative estimate of drug-likeness (QED) is 0.721. The van der Waals surface area contributed by atoms with Crippen LogP contribution < -0.4 is 20.5 Å². The van der Waals surface area contributed by atoms with Gasteiger partial charge in [-0.1, -0.05) is 12.1 Å². The van der Waals surface area contributed by atoms with E-state index in [2.05, 4.69) is 5.32 Å². The van der Waals surface area contributed by atoms with Crippen molar-refractivity contribution < 1.29 is 14.3 Å². The van der Waals surface area contributed by atoms with Crippen LogP contribution in [0.5, 0.6) is 11.5 Å². The van der Waals surface area contributed by atoms with Gasteiger partial charge in [-0.2, -0.15) is 0 Å². The van der Waals surface area contributed by atoms with Crippen LogP contribution >= 0.6 is 0 Å². The molecule has 0 heterocycles. The minimum atomic E-state index is -0.509. The molecule has 3 N–H and O–H groups in total. The molecule has 0 saturated carbocycles. The number of nitrogens with two attached hydrogens (primary N) is 1. The molecular weight excluding hydrogens is 208 g/mol. The molecular formula is C11H16N2O3. The van der Waals surface area contributed by atoms with Crippen molar-refractivity contribution in [1.29, 1.82) is 0 Å². The van der Waals surface area contributed by atoms with Gasteiger partial charge in [-0.15, -0.1) is 0 Å². The number of carbonyl (C=O) groups excluding carboxylic acids is 1. The van der Waals surface area contributed by atoms with Crippen molar-refractivity contribution in [2.45, 2.75) is 6.04 Å². The lowest BCUT2D eigenvalue weighted by Crippen LogP contribution is -2.43. The van der Waals surface area contributed by atoms with Crippen molar-refractivity contribution >= 4 is 5.91 Å². The molecule has 0 radical (unpaired) electrons. The molecule has 0 bridgehead atoms. The standard InChI is InChI=1S/C11H16N2O3/c1-13-8(11(12)14)7-16-10-6-4-3-5-9(10)15-2/h3-6,8,13H,7H2,1-2H3,(H2,12,14). The lowest BCUT2D eigenvalue weighted by molar-refractivity contribution is -0.120. The van der Waals surface area contributed by atoms with Crippen LogP contribution in [-0.4, -0.2) is 32.7 Å². The SMILES string of the molecule is CNC(COc1ccccc1OC)C(N)=O. The van der Waals surface area contributed by atoms with Gasteiger partial charge < -0.3 is 20.5 Å². The van der Waals surface area contributed by atoms with Gasteiger partial charge in [0.2, 0.25) is 5.91 Å². The van der Waals surface area contributed by atoms with Gasteiger partial charge in [-0.3, -0.25) is 4.79 Å². The van der Waals surface area contributed by atoms with E-state index in [1.54, 1.807) is 26.3 Å². The smallest absolute Gasteiger partial charge is 0.238 e. The number of amides is 1. The normalized spacial score (nSPS) is 11.9. The van der Waals surface area contributed by atoms with Gasteiger partial charge >= 0.3 is 0 Å². The number of rotatable bonds is 6. The second-order valence-electron chi connectivity index (χ2n) is 3.21. The first kappa shape index (κ1) is 12.3. The summed E-state index contributed by atoms with van der Waals surface area (Å²) in [5.41, 5.74) is 5.17. The van der Waals surface area contributed by atoms with Gasteiger partial charge in [0, 0.05) is 0 Å². The van der Waals surface area contributed by atoms with Gasteiger partial charge in [-0.25, -0.2) is 0 Å². The largest absolute Gasteiger partial charge is 0.493 e. The first-order valence-corrected chi connectivity index (χ1v) is 4.91. The van der Waals surface area contributed by atoms with Crippen LogP contribution in [-0.2, 0) is 4.79 Å². The lowest BCUT2D eigenvalue weighted by atomic mass is 10.3. The molecule has 5 nitrogen and oxygen atoms in total. The maximum Gasteiger partial charge on any atom is 0.238 e. The Balaban J connectivity index is 2.63. The van der Waals surface area contributed by atoms with Crippen molar-refractivity contribution in [3.05, 3.63) is 24.3 Å². The van der Waals surface area contributed by atoms with Gasteiger partial charge in [-0.05, 0) is 19.2 Å². The maximum atomic E-state index is 11.0. The van der Waals surface area contributed by atoms with E-state index in [9.17, 15) is 4.79 Å². The molecule has 88 valence electrons. The molecule has 1 amide bonds. The van der Waals surface area contributed by atoms with Crippen LogP contribution in [0.1, 0.15) is 0 Å². The summed E-state index contributed by atoms with van der Waals surface area (Å²) in [7, 11) is 3.22. The number of primary amides is 1. The number of carbonyl (C=O) groups is 1. The first-order chi connectivity index (χ1) is 7.69. The molecule has 1 atom stereocenters. The van der Waals surface area contributed by atoms with Crippen LogP contribution in [0.15, 0.2) is 24.3 Å². The van der Waals surface area contributed by atoms with Crippen LogP contribution in [0.25, 0.3) is 0 Å². The molecule has 5 heteroatoms. The monoisotopic (exact) mass is 224 g/mol. The zero-order valence-electron chi connectivity index (χ0n) is 9.40. The third-order valence-corrected chi connectivity index (χ3v) is 2.17. The van der Waals surface area contributed by atoms with Gasteiger partial charge in [0.25, 0.3) is 0 Å². The third kappa shape index (κ3) is 3.13. The molecule has 1 unspecified atom stereocenters. The molecule has 0 saturated heterocycles. The Hall–Kier alpha value is -1.75. The predicted octanol–water partition coefficient (Wildman–Crippen LogP) is 0.147. The van der Waals surface area contributed by atoms with E-state index in [0.29, 0.717) is 11.5 Å². The number of likely N-dealkylation sites (N-methyl/N-ethyl adjacent to an activating group) is 1. The second kappa shape index (κ2) is 5.97.